The van der Waals surface area contributed by atoms with Crippen LogP contribution in [0, 0.1) is 27.3 Å². The fourth-order valence-electron chi connectivity index (χ4n) is 1.36. The molecule has 0 amide bonds. The predicted octanol–water partition coefficient (Wildman–Crippen LogP) is 1.77. The average Bonchev–Trinajstić information content (AvgIpc) is 2.43. The first-order valence-electron chi connectivity index (χ1n) is 5.15. The van der Waals surface area contributed by atoms with Crippen LogP contribution in [0.4, 0.5) is 16.0 Å². The van der Waals surface area contributed by atoms with Gasteiger partial charge in [-0.15, -0.1) is 0 Å². The number of hydrogen-bond acceptors (Lipinski definition) is 7. The van der Waals surface area contributed by atoms with E-state index in [2.05, 4.69) is 9.97 Å². The number of ether oxygens (including phenoxy) is 1. The summed E-state index contributed by atoms with van der Waals surface area (Å²) >= 11 is 0. The second-order valence-electron chi connectivity index (χ2n) is 3.53. The lowest BCUT2D eigenvalue weighted by molar-refractivity contribution is -0.385. The number of nitrogens with two attached hydrogens (primary N) is 1. The molecule has 0 saturated heterocycles. The van der Waals surface area contributed by atoms with Crippen molar-refractivity contribution in [2.24, 2.45) is 0 Å². The summed E-state index contributed by atoms with van der Waals surface area (Å²) in [5, 5.41) is 19.6. The highest BCUT2D eigenvalue weighted by Crippen LogP contribution is 2.32. The van der Waals surface area contributed by atoms with E-state index in [1.807, 2.05) is 0 Å². The average molecular weight is 275 g/mol. The number of rotatable bonds is 3. The Morgan fingerprint density at radius 2 is 2.25 bits per heavy atom. The molecule has 8 nitrogen and oxygen atoms in total. The summed E-state index contributed by atoms with van der Waals surface area (Å²) in [5.74, 6) is -1.95. The third-order valence-electron chi connectivity index (χ3n) is 2.22. The Kier molecular flexibility index (Phi) is 3.39. The molecule has 1 aromatic heterocycles. The zero-order valence-electron chi connectivity index (χ0n) is 9.78. The quantitative estimate of drug-likeness (QED) is 0.667. The van der Waals surface area contributed by atoms with E-state index < -0.39 is 22.3 Å². The van der Waals surface area contributed by atoms with Crippen molar-refractivity contribution in [3.8, 4) is 17.7 Å². The van der Waals surface area contributed by atoms with Crippen LogP contribution in [0.1, 0.15) is 5.56 Å². The van der Waals surface area contributed by atoms with Gasteiger partial charge in [0.25, 0.3) is 5.88 Å². The fourth-order valence-corrected chi connectivity index (χ4v) is 1.36. The van der Waals surface area contributed by atoms with Crippen LogP contribution in [0.3, 0.4) is 0 Å². The fraction of sp³-hybridized carbons (Fsp3) is 0. The monoisotopic (exact) mass is 275 g/mol. The van der Waals surface area contributed by atoms with Crippen LogP contribution in [-0.4, -0.2) is 14.9 Å². The second-order valence-corrected chi connectivity index (χ2v) is 3.53. The summed E-state index contributed by atoms with van der Waals surface area (Å²) in [5.41, 5.74) is 4.87. The molecule has 0 spiro atoms. The summed E-state index contributed by atoms with van der Waals surface area (Å²) in [6.45, 7) is 0. The molecule has 0 radical (unpaired) electrons. The van der Waals surface area contributed by atoms with Crippen LogP contribution < -0.4 is 10.5 Å². The van der Waals surface area contributed by atoms with E-state index in [-0.39, 0.29) is 17.3 Å². The third-order valence-corrected chi connectivity index (χ3v) is 2.22. The number of nitrogens with zero attached hydrogens (tertiary/aromatic N) is 4. The lowest BCUT2D eigenvalue weighted by Crippen LogP contribution is -2.01. The topological polar surface area (TPSA) is 128 Å². The summed E-state index contributed by atoms with van der Waals surface area (Å²) in [4.78, 5) is 17.0. The van der Waals surface area contributed by atoms with Gasteiger partial charge in [0.2, 0.25) is 17.5 Å². The Labute approximate surface area is 111 Å². The maximum atomic E-state index is 13.4. The van der Waals surface area contributed by atoms with Crippen LogP contribution in [-0.2, 0) is 0 Å². The molecule has 0 bridgehead atoms. The van der Waals surface area contributed by atoms with Crippen LogP contribution in [0.25, 0.3) is 0 Å². The Morgan fingerprint density at radius 1 is 1.50 bits per heavy atom. The zero-order chi connectivity index (χ0) is 14.7. The molecule has 0 fully saturated rings. The molecule has 0 aliphatic heterocycles. The lowest BCUT2D eigenvalue weighted by Gasteiger charge is -2.06. The first-order chi connectivity index (χ1) is 9.51. The Bertz CT molecular complexity index is 728. The maximum absolute atomic E-state index is 13.4. The third kappa shape index (κ3) is 2.59. The van der Waals surface area contributed by atoms with Crippen molar-refractivity contribution in [2.45, 2.75) is 0 Å². The molecule has 9 heteroatoms. The standard InChI is InChI=1S/C11H6FN5O3/c12-7-5-15-11(14)16-10(7)20-9-2-1-6(4-13)3-8(9)17(18)19/h1-3,5H,(H2,14,15,16). The largest absolute Gasteiger partial charge is 0.429 e. The van der Waals surface area contributed by atoms with Gasteiger partial charge in [0.15, 0.2) is 0 Å². The molecule has 100 valence electrons. The zero-order valence-corrected chi connectivity index (χ0v) is 9.78. The van der Waals surface area contributed by atoms with E-state index in [0.717, 1.165) is 12.3 Å². The molecule has 0 unspecified atom stereocenters. The molecular formula is C11H6FN5O3. The van der Waals surface area contributed by atoms with Gasteiger partial charge in [-0.1, -0.05) is 0 Å². The Morgan fingerprint density at radius 3 is 2.90 bits per heavy atom. The highest BCUT2D eigenvalue weighted by Gasteiger charge is 2.19. The van der Waals surface area contributed by atoms with Crippen molar-refractivity contribution >= 4 is 11.6 Å². The first kappa shape index (κ1) is 13.2. The molecule has 0 atom stereocenters. The number of nitriles is 1. The molecule has 1 heterocycles. The van der Waals surface area contributed by atoms with Crippen LogP contribution in [0.2, 0.25) is 0 Å². The van der Waals surface area contributed by atoms with E-state index >= 15 is 0 Å². The Balaban J connectivity index is 2.46. The smallest absolute Gasteiger partial charge is 0.312 e. The van der Waals surface area contributed by atoms with E-state index in [1.165, 1.54) is 12.1 Å². The number of nitro groups is 1. The minimum atomic E-state index is -0.919. The molecule has 2 rings (SSSR count). The number of benzene rings is 1. The van der Waals surface area contributed by atoms with Crippen molar-refractivity contribution < 1.29 is 14.1 Å². The van der Waals surface area contributed by atoms with Crippen molar-refractivity contribution in [3.63, 3.8) is 0 Å². The van der Waals surface area contributed by atoms with Gasteiger partial charge in [-0.2, -0.15) is 14.6 Å². The molecule has 0 aliphatic carbocycles. The predicted molar refractivity (Wildman–Crippen MR) is 64.3 cm³/mol. The van der Waals surface area contributed by atoms with Gasteiger partial charge in [-0.25, -0.2) is 4.98 Å². The number of halogens is 1. The highest BCUT2D eigenvalue weighted by molar-refractivity contribution is 5.52. The summed E-state index contributed by atoms with van der Waals surface area (Å²) in [7, 11) is 0. The minimum Gasteiger partial charge on any atom is -0.429 e. The number of hydrogen-bond donors (Lipinski definition) is 1. The first-order valence-corrected chi connectivity index (χ1v) is 5.15. The van der Waals surface area contributed by atoms with Crippen molar-refractivity contribution in [2.75, 3.05) is 5.73 Å². The lowest BCUT2D eigenvalue weighted by atomic mass is 10.2. The molecule has 2 N–H and O–H groups in total. The van der Waals surface area contributed by atoms with E-state index in [0.29, 0.717) is 0 Å². The second kappa shape index (κ2) is 5.15. The van der Waals surface area contributed by atoms with Crippen LogP contribution in [0.5, 0.6) is 11.6 Å². The van der Waals surface area contributed by atoms with Gasteiger partial charge >= 0.3 is 5.69 Å². The SMILES string of the molecule is N#Cc1ccc(Oc2nc(N)ncc2F)c([N+](=O)[O-])c1. The molecule has 0 aliphatic rings. The molecule has 2 aromatic rings. The van der Waals surface area contributed by atoms with Crippen molar-refractivity contribution in [3.05, 3.63) is 45.9 Å². The van der Waals surface area contributed by atoms with E-state index in [9.17, 15) is 14.5 Å². The summed E-state index contributed by atoms with van der Waals surface area (Å²) in [6, 6.07) is 5.24. The highest BCUT2D eigenvalue weighted by atomic mass is 19.1. The van der Waals surface area contributed by atoms with Crippen molar-refractivity contribution in [1.29, 1.82) is 5.26 Å². The molecule has 0 saturated carbocycles. The maximum Gasteiger partial charge on any atom is 0.312 e. The van der Waals surface area contributed by atoms with E-state index in [1.54, 1.807) is 6.07 Å². The minimum absolute atomic E-state index is 0.0757. The normalized spacial score (nSPS) is 9.80. The summed E-state index contributed by atoms with van der Waals surface area (Å²) in [6.07, 6.45) is 0.785. The van der Waals surface area contributed by atoms with Gasteiger partial charge in [-0.05, 0) is 12.1 Å². The van der Waals surface area contributed by atoms with E-state index in [4.69, 9.17) is 15.7 Å². The van der Waals surface area contributed by atoms with Crippen molar-refractivity contribution in [1.82, 2.24) is 9.97 Å². The van der Waals surface area contributed by atoms with Gasteiger partial charge < -0.3 is 10.5 Å². The number of nitro benzene ring substituents is 1. The Hall–Kier alpha value is -3.28. The summed E-state index contributed by atoms with van der Waals surface area (Å²) < 4.78 is 18.4. The van der Waals surface area contributed by atoms with Gasteiger partial charge in [0, 0.05) is 6.07 Å². The van der Waals surface area contributed by atoms with Gasteiger partial charge in [-0.3, -0.25) is 10.1 Å². The van der Waals surface area contributed by atoms with Crippen LogP contribution in [0.15, 0.2) is 24.4 Å². The number of nitrogen functional groups attached to an aromatic ring is 1. The molecular weight excluding hydrogens is 269 g/mol. The molecule has 20 heavy (non-hydrogen) atoms. The number of aromatic nitrogens is 2. The van der Waals surface area contributed by atoms with Gasteiger partial charge in [0.05, 0.1) is 22.8 Å². The van der Waals surface area contributed by atoms with Crippen LogP contribution >= 0.6 is 0 Å². The number of anilines is 1. The molecule has 1 aromatic carbocycles. The van der Waals surface area contributed by atoms with Gasteiger partial charge in [0.1, 0.15) is 0 Å².